The summed E-state index contributed by atoms with van der Waals surface area (Å²) in [7, 11) is 0. The third-order valence-electron chi connectivity index (χ3n) is 5.74. The number of nitrogens with two attached hydrogens (primary N) is 1. The third-order valence-corrected chi connectivity index (χ3v) is 5.74. The molecule has 0 unspecified atom stereocenters. The van der Waals surface area contributed by atoms with Gasteiger partial charge in [-0.05, 0) is 57.7 Å². The van der Waals surface area contributed by atoms with Crippen molar-refractivity contribution in [1.29, 1.82) is 0 Å². The van der Waals surface area contributed by atoms with E-state index in [0.717, 1.165) is 25.6 Å². The van der Waals surface area contributed by atoms with E-state index < -0.39 is 0 Å². The summed E-state index contributed by atoms with van der Waals surface area (Å²) < 4.78 is 0. The second-order valence-electron chi connectivity index (χ2n) is 6.79. The molecule has 0 aromatic heterocycles. The van der Waals surface area contributed by atoms with E-state index in [1.165, 1.54) is 58.2 Å². The Morgan fingerprint density at radius 1 is 0.952 bits per heavy atom. The predicted molar refractivity (Wildman–Crippen MR) is 93.7 cm³/mol. The molecule has 0 saturated heterocycles. The van der Waals surface area contributed by atoms with E-state index in [2.05, 4.69) is 37.5 Å². The van der Waals surface area contributed by atoms with Crippen LogP contribution in [0.2, 0.25) is 0 Å². The van der Waals surface area contributed by atoms with Crippen molar-refractivity contribution in [2.45, 2.75) is 71.8 Å². The smallest absolute Gasteiger partial charge is 0.0332 e. The van der Waals surface area contributed by atoms with Crippen molar-refractivity contribution >= 4 is 0 Å². The molecule has 0 aliphatic heterocycles. The molecule has 0 amide bonds. The highest BCUT2D eigenvalue weighted by atomic mass is 15.2. The van der Waals surface area contributed by atoms with E-state index in [-0.39, 0.29) is 5.54 Å². The topological polar surface area (TPSA) is 32.5 Å². The molecule has 3 heteroatoms. The summed E-state index contributed by atoms with van der Waals surface area (Å²) in [4.78, 5) is 5.27. The average Bonchev–Trinajstić information content (AvgIpc) is 2.54. The first-order chi connectivity index (χ1) is 10.2. The highest BCUT2D eigenvalue weighted by molar-refractivity contribution is 4.96. The zero-order valence-electron chi connectivity index (χ0n) is 15.0. The molecule has 0 heterocycles. The van der Waals surface area contributed by atoms with Gasteiger partial charge in [-0.1, -0.05) is 34.1 Å². The Labute approximate surface area is 133 Å². The van der Waals surface area contributed by atoms with Gasteiger partial charge in [-0.2, -0.15) is 0 Å². The fraction of sp³-hybridized carbons (Fsp3) is 1.00. The highest BCUT2D eigenvalue weighted by Gasteiger charge is 2.38. The van der Waals surface area contributed by atoms with E-state index >= 15 is 0 Å². The van der Waals surface area contributed by atoms with Crippen molar-refractivity contribution in [2.75, 3.05) is 39.3 Å². The minimum absolute atomic E-state index is 0.287. The molecule has 0 spiro atoms. The van der Waals surface area contributed by atoms with E-state index in [1.807, 2.05) is 0 Å². The van der Waals surface area contributed by atoms with Crippen LogP contribution in [0.4, 0.5) is 0 Å². The molecule has 21 heavy (non-hydrogen) atoms. The van der Waals surface area contributed by atoms with Crippen LogP contribution < -0.4 is 5.73 Å². The van der Waals surface area contributed by atoms with Crippen molar-refractivity contribution in [3.05, 3.63) is 0 Å². The van der Waals surface area contributed by atoms with Gasteiger partial charge < -0.3 is 10.6 Å². The maximum Gasteiger partial charge on any atom is 0.0332 e. The van der Waals surface area contributed by atoms with Gasteiger partial charge in [0, 0.05) is 25.2 Å². The SMILES string of the molecule is CCCN(CCN(CC)CC)C1(CN)CCC(CC)CC1. The fourth-order valence-electron chi connectivity index (χ4n) is 3.93. The second kappa shape index (κ2) is 9.81. The predicted octanol–water partition coefficient (Wildman–Crippen LogP) is 3.34. The summed E-state index contributed by atoms with van der Waals surface area (Å²) in [5, 5.41) is 0. The third kappa shape index (κ3) is 5.22. The van der Waals surface area contributed by atoms with Crippen LogP contribution in [0.25, 0.3) is 0 Å². The first-order valence-electron chi connectivity index (χ1n) is 9.33. The van der Waals surface area contributed by atoms with Crippen molar-refractivity contribution < 1.29 is 0 Å². The quantitative estimate of drug-likeness (QED) is 0.671. The largest absolute Gasteiger partial charge is 0.329 e. The van der Waals surface area contributed by atoms with Crippen molar-refractivity contribution in [3.8, 4) is 0 Å². The van der Waals surface area contributed by atoms with Crippen LogP contribution in [0.3, 0.4) is 0 Å². The summed E-state index contributed by atoms with van der Waals surface area (Å²) in [5.41, 5.74) is 6.56. The number of rotatable bonds is 10. The Morgan fingerprint density at radius 3 is 2.00 bits per heavy atom. The Balaban J connectivity index is 2.66. The zero-order chi connectivity index (χ0) is 15.7. The van der Waals surface area contributed by atoms with Crippen molar-refractivity contribution in [1.82, 2.24) is 9.80 Å². The summed E-state index contributed by atoms with van der Waals surface area (Å²) in [6.07, 6.45) is 7.93. The summed E-state index contributed by atoms with van der Waals surface area (Å²) in [5.74, 6) is 0.941. The van der Waals surface area contributed by atoms with E-state index in [1.54, 1.807) is 0 Å². The number of hydrogen-bond donors (Lipinski definition) is 1. The van der Waals surface area contributed by atoms with Gasteiger partial charge in [-0.3, -0.25) is 4.90 Å². The van der Waals surface area contributed by atoms with Crippen LogP contribution in [0.5, 0.6) is 0 Å². The number of nitrogens with zero attached hydrogens (tertiary/aromatic N) is 2. The van der Waals surface area contributed by atoms with Gasteiger partial charge in [0.25, 0.3) is 0 Å². The van der Waals surface area contributed by atoms with Crippen molar-refractivity contribution in [3.63, 3.8) is 0 Å². The van der Waals surface area contributed by atoms with Gasteiger partial charge in [-0.25, -0.2) is 0 Å². The molecule has 2 N–H and O–H groups in total. The Bertz CT molecular complexity index is 255. The monoisotopic (exact) mass is 297 g/mol. The maximum absolute atomic E-state index is 6.27. The van der Waals surface area contributed by atoms with Crippen LogP contribution in [-0.4, -0.2) is 54.6 Å². The van der Waals surface area contributed by atoms with Crippen LogP contribution in [0.15, 0.2) is 0 Å². The van der Waals surface area contributed by atoms with Gasteiger partial charge in [0.05, 0.1) is 0 Å². The van der Waals surface area contributed by atoms with Gasteiger partial charge in [-0.15, -0.1) is 0 Å². The Hall–Kier alpha value is -0.120. The molecule has 0 aromatic carbocycles. The summed E-state index contributed by atoms with van der Waals surface area (Å²) in [6, 6.07) is 0. The minimum atomic E-state index is 0.287. The molecule has 0 bridgehead atoms. The van der Waals surface area contributed by atoms with Gasteiger partial charge in [0.2, 0.25) is 0 Å². The van der Waals surface area contributed by atoms with Gasteiger partial charge in [0.15, 0.2) is 0 Å². The molecule has 3 nitrogen and oxygen atoms in total. The normalized spacial score (nSPS) is 26.7. The molecule has 1 aliphatic rings. The zero-order valence-corrected chi connectivity index (χ0v) is 15.0. The van der Waals surface area contributed by atoms with Crippen LogP contribution in [0, 0.1) is 5.92 Å². The Kier molecular flexibility index (Phi) is 8.84. The molecule has 0 atom stereocenters. The van der Waals surface area contributed by atoms with Gasteiger partial charge in [0.1, 0.15) is 0 Å². The van der Waals surface area contributed by atoms with Gasteiger partial charge >= 0.3 is 0 Å². The number of hydrogen-bond acceptors (Lipinski definition) is 3. The first kappa shape index (κ1) is 18.9. The lowest BCUT2D eigenvalue weighted by molar-refractivity contribution is 0.0341. The molecule has 0 radical (unpaired) electrons. The molecular weight excluding hydrogens is 258 g/mol. The fourth-order valence-corrected chi connectivity index (χ4v) is 3.93. The summed E-state index contributed by atoms with van der Waals surface area (Å²) >= 11 is 0. The molecule has 1 aliphatic carbocycles. The molecule has 1 rings (SSSR count). The lowest BCUT2D eigenvalue weighted by Gasteiger charge is -2.48. The van der Waals surface area contributed by atoms with E-state index in [4.69, 9.17) is 5.73 Å². The molecular formula is C18H39N3. The minimum Gasteiger partial charge on any atom is -0.329 e. The molecule has 1 fully saturated rings. The van der Waals surface area contributed by atoms with Crippen LogP contribution in [0.1, 0.15) is 66.2 Å². The number of likely N-dealkylation sites (N-methyl/N-ethyl adjacent to an activating group) is 1. The maximum atomic E-state index is 6.27. The van der Waals surface area contributed by atoms with Crippen LogP contribution >= 0.6 is 0 Å². The molecule has 126 valence electrons. The van der Waals surface area contributed by atoms with E-state index in [0.29, 0.717) is 0 Å². The summed E-state index contributed by atoms with van der Waals surface area (Å²) in [6.45, 7) is 15.9. The first-order valence-corrected chi connectivity index (χ1v) is 9.33. The highest BCUT2D eigenvalue weighted by Crippen LogP contribution is 2.37. The van der Waals surface area contributed by atoms with Crippen LogP contribution in [-0.2, 0) is 0 Å². The standard InChI is InChI=1S/C18H39N3/c1-5-13-21(15-14-20(7-3)8-4)18(16-19)11-9-17(6-2)10-12-18/h17H,5-16,19H2,1-4H3. The van der Waals surface area contributed by atoms with E-state index in [9.17, 15) is 0 Å². The molecule has 1 saturated carbocycles. The molecule has 0 aromatic rings. The Morgan fingerprint density at radius 2 is 1.57 bits per heavy atom. The lowest BCUT2D eigenvalue weighted by Crippen LogP contribution is -2.57. The average molecular weight is 298 g/mol. The van der Waals surface area contributed by atoms with Crippen molar-refractivity contribution in [2.24, 2.45) is 11.7 Å². The second-order valence-corrected chi connectivity index (χ2v) is 6.79. The lowest BCUT2D eigenvalue weighted by atomic mass is 9.74.